The Hall–Kier alpha value is -1.88. The maximum absolute atomic E-state index is 6.75. The molecule has 26 heavy (non-hydrogen) atoms. The molecule has 0 aromatic heterocycles. The zero-order valence-electron chi connectivity index (χ0n) is 14.8. The molecule has 0 amide bonds. The van der Waals surface area contributed by atoms with Crippen LogP contribution < -0.4 is 11.5 Å². The van der Waals surface area contributed by atoms with Crippen molar-refractivity contribution in [2.75, 3.05) is 54.4 Å². The zero-order valence-corrected chi connectivity index (χ0v) is 16.7. The number of hydrogen-bond donors (Lipinski definition) is 2. The van der Waals surface area contributed by atoms with Crippen LogP contribution in [0.25, 0.3) is 63.9 Å². The second kappa shape index (κ2) is 77.0. The maximum atomic E-state index is 6.75. The normalized spacial score (nSPS) is 5.85. The molecule has 0 aromatic carbocycles. The number of rotatable bonds is 4. The van der Waals surface area contributed by atoms with Crippen LogP contribution in [0.4, 0.5) is 0 Å². The van der Waals surface area contributed by atoms with Gasteiger partial charge in [-0.05, 0) is 28.2 Å². The van der Waals surface area contributed by atoms with Gasteiger partial charge in [0.2, 0.25) is 0 Å². The minimum Gasteiger partial charge on any atom is -0.373 e. The molecule has 0 spiro atoms. The van der Waals surface area contributed by atoms with Crippen molar-refractivity contribution in [2.45, 2.75) is 0 Å². The molecule has 0 aliphatic rings. The Kier molecular flexibility index (Phi) is 147. The van der Waals surface area contributed by atoms with Crippen LogP contribution in [0.1, 0.15) is 0 Å². The van der Waals surface area contributed by atoms with Gasteiger partial charge in [0.1, 0.15) is 0 Å². The average molecular weight is 471 g/mol. The Morgan fingerprint density at radius 2 is 0.654 bits per heavy atom. The maximum Gasteiger partial charge on any atom is 2.00 e. The predicted molar refractivity (Wildman–Crippen MR) is 95.5 cm³/mol. The Morgan fingerprint density at radius 1 is 0.538 bits per heavy atom. The number of nitrogens with two attached hydrogens (primary N) is 2. The molecule has 0 atom stereocenters. The molecule has 16 nitrogen and oxygen atoms in total. The van der Waals surface area contributed by atoms with Crippen LogP contribution in [0.15, 0.2) is 0 Å². The van der Waals surface area contributed by atoms with Gasteiger partial charge in [-0.3, -0.25) is 19.6 Å². The molecule has 2 radical (unpaired) electrons. The largest absolute Gasteiger partial charge is 2.00 e. The van der Waals surface area contributed by atoms with E-state index in [4.69, 9.17) is 55.7 Å². The molecule has 158 valence electrons. The monoisotopic (exact) mass is 470 g/mol. The summed E-state index contributed by atoms with van der Waals surface area (Å²) in [5.74, 6) is 0. The molecule has 0 saturated heterocycles. The van der Waals surface area contributed by atoms with E-state index >= 15 is 0 Å². The van der Waals surface area contributed by atoms with Crippen LogP contribution in [0, 0.1) is 0 Å². The summed E-state index contributed by atoms with van der Waals surface area (Å²) >= 11 is 0. The quantitative estimate of drug-likeness (QED) is 0.270. The third-order valence-electron chi connectivity index (χ3n) is 1.15. The van der Waals surface area contributed by atoms with Crippen LogP contribution in [-0.4, -0.2) is 64.2 Å². The van der Waals surface area contributed by atoms with E-state index in [-0.39, 0.29) is 34.1 Å². The first-order valence-corrected chi connectivity index (χ1v) is 5.84. The third-order valence-corrected chi connectivity index (χ3v) is 1.15. The van der Waals surface area contributed by atoms with Crippen LogP contribution in [-0.2, 0) is 34.1 Å². The van der Waals surface area contributed by atoms with Crippen molar-refractivity contribution in [1.29, 1.82) is 0 Å². The van der Waals surface area contributed by atoms with E-state index in [1.54, 1.807) is 0 Å². The van der Waals surface area contributed by atoms with Crippen LogP contribution in [0.3, 0.4) is 0 Å². The molecular formula is C8H24Cu2N16. The van der Waals surface area contributed by atoms with Crippen molar-refractivity contribution < 1.29 is 34.1 Å². The Labute approximate surface area is 173 Å². The molecule has 18 heteroatoms. The molecule has 0 rings (SSSR count). The first-order chi connectivity index (χ1) is 11.2. The summed E-state index contributed by atoms with van der Waals surface area (Å²) in [6, 6.07) is 0. The summed E-state index contributed by atoms with van der Waals surface area (Å²) in [6.45, 7) is 3.49. The second-order valence-electron chi connectivity index (χ2n) is 3.54. The molecule has 4 N–H and O–H groups in total. The molecule has 0 aliphatic carbocycles. The standard InChI is InChI=1S/2C4H12N2.2Cu.4N3/c2*1-6(2)4-3-5;;;4*1-3-2/h2*3-5H2,1-2H3;;;;;;/q;;2*+2;4*-1. The van der Waals surface area contributed by atoms with Crippen molar-refractivity contribution in [2.24, 2.45) is 11.5 Å². The van der Waals surface area contributed by atoms with E-state index in [9.17, 15) is 0 Å². The molecular weight excluding hydrogens is 447 g/mol. The molecule has 0 unspecified atom stereocenters. The van der Waals surface area contributed by atoms with Crippen molar-refractivity contribution in [3.05, 3.63) is 63.9 Å². The summed E-state index contributed by atoms with van der Waals surface area (Å²) in [5.41, 5.74) is 64.4. The van der Waals surface area contributed by atoms with E-state index in [1.165, 1.54) is 19.6 Å². The van der Waals surface area contributed by atoms with Gasteiger partial charge in [0.05, 0.1) is 0 Å². The topological polar surface area (TPSA) is 293 Å². The average Bonchev–Trinajstić information content (AvgIpc) is 2.42. The molecule has 0 saturated carbocycles. The summed E-state index contributed by atoms with van der Waals surface area (Å²) in [4.78, 5) is 10.1. The molecule has 0 aromatic rings. The first-order valence-electron chi connectivity index (χ1n) is 5.84. The van der Waals surface area contributed by atoms with Gasteiger partial charge in [-0.1, -0.05) is 0 Å². The van der Waals surface area contributed by atoms with Gasteiger partial charge in [-0.15, -0.1) is 0 Å². The van der Waals surface area contributed by atoms with E-state index in [0.29, 0.717) is 0 Å². The smallest absolute Gasteiger partial charge is 0.373 e. The van der Waals surface area contributed by atoms with E-state index < -0.39 is 0 Å². The van der Waals surface area contributed by atoms with Gasteiger partial charge in [0.15, 0.2) is 0 Å². The van der Waals surface area contributed by atoms with Crippen molar-refractivity contribution in [1.82, 2.24) is 9.80 Å². The SMILES string of the molecule is CN(C)CCN.CN(C)CCN.[Cu+2].[Cu+2].[N-]=[N+]=[N-].[N-]=[N+]=[N-].[N-]=[N+]=[N-].[N-]=[N+]=[N-]. The van der Waals surface area contributed by atoms with Gasteiger partial charge < -0.3 is 65.5 Å². The van der Waals surface area contributed by atoms with Gasteiger partial charge >= 0.3 is 34.1 Å². The van der Waals surface area contributed by atoms with Gasteiger partial charge in [-0.2, -0.15) is 0 Å². The Morgan fingerprint density at radius 3 is 0.654 bits per heavy atom. The number of nitrogens with zero attached hydrogens (tertiary/aromatic N) is 14. The minimum atomic E-state index is 0. The van der Waals surface area contributed by atoms with Crippen LogP contribution in [0.2, 0.25) is 0 Å². The minimum absolute atomic E-state index is 0. The van der Waals surface area contributed by atoms with Crippen LogP contribution in [0.5, 0.6) is 0 Å². The number of hydrogen-bond acceptors (Lipinski definition) is 4. The molecule has 0 aliphatic heterocycles. The van der Waals surface area contributed by atoms with Gasteiger partial charge in [0, 0.05) is 26.2 Å². The van der Waals surface area contributed by atoms with E-state index in [1.807, 2.05) is 28.2 Å². The van der Waals surface area contributed by atoms with Crippen LogP contribution >= 0.6 is 0 Å². The van der Waals surface area contributed by atoms with E-state index in [0.717, 1.165) is 26.2 Å². The summed E-state index contributed by atoms with van der Waals surface area (Å²) in [7, 11) is 8.03. The summed E-state index contributed by atoms with van der Waals surface area (Å²) in [6.07, 6.45) is 0. The van der Waals surface area contributed by atoms with Crippen molar-refractivity contribution >= 4 is 0 Å². The molecule has 0 heterocycles. The fraction of sp³-hybridized carbons (Fsp3) is 1.00. The van der Waals surface area contributed by atoms with Gasteiger partial charge in [-0.25, -0.2) is 0 Å². The zero-order chi connectivity index (χ0) is 20.8. The summed E-state index contributed by atoms with van der Waals surface area (Å²) in [5, 5.41) is 0. The van der Waals surface area contributed by atoms with E-state index in [2.05, 4.69) is 9.80 Å². The first kappa shape index (κ1) is 49.6. The molecule has 0 fully saturated rings. The Bertz CT molecular complexity index is 276. The third kappa shape index (κ3) is 581. The molecule has 0 bridgehead atoms. The summed E-state index contributed by atoms with van der Waals surface area (Å²) < 4.78 is 0. The van der Waals surface area contributed by atoms with Crippen molar-refractivity contribution in [3.8, 4) is 0 Å². The fourth-order valence-electron chi connectivity index (χ4n) is 0.516. The fourth-order valence-corrected chi connectivity index (χ4v) is 0.516. The second-order valence-corrected chi connectivity index (χ2v) is 3.54. The number of likely N-dealkylation sites (N-methyl/N-ethyl adjacent to an activating group) is 2. The van der Waals surface area contributed by atoms with Gasteiger partial charge in [0.25, 0.3) is 0 Å². The van der Waals surface area contributed by atoms with Crippen molar-refractivity contribution in [3.63, 3.8) is 0 Å². The Balaban J connectivity index is -0.0000000254. The predicted octanol–water partition coefficient (Wildman–Crippen LogP) is 2.47.